The summed E-state index contributed by atoms with van der Waals surface area (Å²) in [6.45, 7) is 7.15. The Morgan fingerprint density at radius 3 is 2.61 bits per heavy atom. The molecule has 1 N–H and O–H groups in total. The van der Waals surface area contributed by atoms with Crippen molar-refractivity contribution >= 4 is 0 Å². The van der Waals surface area contributed by atoms with Crippen LogP contribution in [0.25, 0.3) is 0 Å². The Kier molecular flexibility index (Phi) is 4.79. The maximum absolute atomic E-state index is 9.41. The van der Waals surface area contributed by atoms with Crippen LogP contribution in [0.2, 0.25) is 0 Å². The van der Waals surface area contributed by atoms with Crippen LogP contribution in [0.15, 0.2) is 30.3 Å². The van der Waals surface area contributed by atoms with Gasteiger partial charge in [0, 0.05) is 19.2 Å². The van der Waals surface area contributed by atoms with Gasteiger partial charge in [-0.3, -0.25) is 4.90 Å². The Bertz CT molecular complexity index is 349. The lowest BCUT2D eigenvalue weighted by molar-refractivity contribution is 0.0717. The third kappa shape index (κ3) is 3.33. The molecular formula is C16H25NO. The summed E-state index contributed by atoms with van der Waals surface area (Å²) in [5, 5.41) is 9.41. The standard InChI is InChI=1S/C16H25NO/c1-13(2)11-17-9-8-14(12-18)10-16(17)15-6-4-3-5-7-15/h3-7,13-14,16,18H,8-12H2,1-2H3. The van der Waals surface area contributed by atoms with Gasteiger partial charge in [-0.15, -0.1) is 0 Å². The Hall–Kier alpha value is -0.860. The van der Waals surface area contributed by atoms with E-state index >= 15 is 0 Å². The fraction of sp³-hybridized carbons (Fsp3) is 0.625. The monoisotopic (exact) mass is 247 g/mol. The lowest BCUT2D eigenvalue weighted by atomic mass is 9.87. The summed E-state index contributed by atoms with van der Waals surface area (Å²) in [6, 6.07) is 11.2. The second kappa shape index (κ2) is 6.35. The van der Waals surface area contributed by atoms with Gasteiger partial charge in [-0.25, -0.2) is 0 Å². The van der Waals surface area contributed by atoms with Crippen LogP contribution in [0, 0.1) is 11.8 Å². The van der Waals surface area contributed by atoms with Crippen LogP contribution in [-0.4, -0.2) is 29.7 Å². The van der Waals surface area contributed by atoms with Crippen molar-refractivity contribution in [2.45, 2.75) is 32.7 Å². The third-order valence-electron chi connectivity index (χ3n) is 3.86. The molecule has 1 saturated heterocycles. The fourth-order valence-corrected chi connectivity index (χ4v) is 2.96. The first-order chi connectivity index (χ1) is 8.70. The summed E-state index contributed by atoms with van der Waals surface area (Å²) < 4.78 is 0. The van der Waals surface area contributed by atoms with Crippen LogP contribution in [0.1, 0.15) is 38.3 Å². The van der Waals surface area contributed by atoms with Crippen molar-refractivity contribution in [2.75, 3.05) is 19.7 Å². The van der Waals surface area contributed by atoms with Crippen molar-refractivity contribution < 1.29 is 5.11 Å². The van der Waals surface area contributed by atoms with Gasteiger partial charge < -0.3 is 5.11 Å². The smallest absolute Gasteiger partial charge is 0.0460 e. The highest BCUT2D eigenvalue weighted by Gasteiger charge is 2.29. The fourth-order valence-electron chi connectivity index (χ4n) is 2.96. The number of hydrogen-bond donors (Lipinski definition) is 1. The Labute approximate surface area is 111 Å². The zero-order valence-corrected chi connectivity index (χ0v) is 11.5. The molecule has 100 valence electrons. The molecule has 0 aliphatic carbocycles. The summed E-state index contributed by atoms with van der Waals surface area (Å²) in [6.07, 6.45) is 2.22. The molecule has 2 heteroatoms. The molecule has 1 aromatic rings. The van der Waals surface area contributed by atoms with Crippen molar-refractivity contribution in [3.05, 3.63) is 35.9 Å². The van der Waals surface area contributed by atoms with E-state index in [-0.39, 0.29) is 0 Å². The molecule has 0 spiro atoms. The Morgan fingerprint density at radius 1 is 1.28 bits per heavy atom. The molecule has 1 aliphatic rings. The van der Waals surface area contributed by atoms with E-state index in [1.807, 2.05) is 0 Å². The maximum atomic E-state index is 9.41. The first kappa shape index (κ1) is 13.6. The summed E-state index contributed by atoms with van der Waals surface area (Å²) in [7, 11) is 0. The minimum absolute atomic E-state index is 0.332. The number of hydrogen-bond acceptors (Lipinski definition) is 2. The van der Waals surface area contributed by atoms with Gasteiger partial charge in [-0.2, -0.15) is 0 Å². The van der Waals surface area contributed by atoms with Gasteiger partial charge in [0.1, 0.15) is 0 Å². The van der Waals surface area contributed by atoms with Crippen molar-refractivity contribution in [2.24, 2.45) is 11.8 Å². The maximum Gasteiger partial charge on any atom is 0.0460 e. The quantitative estimate of drug-likeness (QED) is 0.884. The predicted molar refractivity (Wildman–Crippen MR) is 75.4 cm³/mol. The second-order valence-corrected chi connectivity index (χ2v) is 5.89. The largest absolute Gasteiger partial charge is 0.396 e. The normalized spacial score (nSPS) is 25.6. The Morgan fingerprint density at radius 2 is 2.00 bits per heavy atom. The van der Waals surface area contributed by atoms with Crippen molar-refractivity contribution in [3.8, 4) is 0 Å². The average Bonchev–Trinajstić information content (AvgIpc) is 2.39. The van der Waals surface area contributed by atoms with Crippen LogP contribution < -0.4 is 0 Å². The van der Waals surface area contributed by atoms with Crippen molar-refractivity contribution in [3.63, 3.8) is 0 Å². The summed E-state index contributed by atoms with van der Waals surface area (Å²) in [4.78, 5) is 2.59. The van der Waals surface area contributed by atoms with E-state index in [9.17, 15) is 5.11 Å². The number of benzene rings is 1. The van der Waals surface area contributed by atoms with Crippen molar-refractivity contribution in [1.29, 1.82) is 0 Å². The molecule has 0 aromatic heterocycles. The summed E-state index contributed by atoms with van der Waals surface area (Å²) in [5.41, 5.74) is 1.40. The van der Waals surface area contributed by atoms with Crippen LogP contribution >= 0.6 is 0 Å². The SMILES string of the molecule is CC(C)CN1CCC(CO)CC1c1ccccc1. The molecular weight excluding hydrogens is 222 g/mol. The molecule has 2 nitrogen and oxygen atoms in total. The van der Waals surface area contributed by atoms with E-state index in [4.69, 9.17) is 0 Å². The van der Waals surface area contributed by atoms with Gasteiger partial charge in [0.05, 0.1) is 0 Å². The average molecular weight is 247 g/mol. The molecule has 1 aromatic carbocycles. The first-order valence-corrected chi connectivity index (χ1v) is 7.10. The highest BCUT2D eigenvalue weighted by Crippen LogP contribution is 2.34. The summed E-state index contributed by atoms with van der Waals surface area (Å²) in [5.74, 6) is 1.17. The van der Waals surface area contributed by atoms with Gasteiger partial charge in [-0.05, 0) is 36.8 Å². The van der Waals surface area contributed by atoms with Gasteiger partial charge in [0.2, 0.25) is 0 Å². The first-order valence-electron chi connectivity index (χ1n) is 7.10. The molecule has 1 fully saturated rings. The molecule has 0 amide bonds. The van der Waals surface area contributed by atoms with E-state index in [1.54, 1.807) is 0 Å². The number of aliphatic hydroxyl groups is 1. The number of aliphatic hydroxyl groups excluding tert-OH is 1. The summed E-state index contributed by atoms with van der Waals surface area (Å²) >= 11 is 0. The molecule has 1 heterocycles. The highest BCUT2D eigenvalue weighted by atomic mass is 16.3. The number of piperidine rings is 1. The van der Waals surface area contributed by atoms with E-state index in [1.165, 1.54) is 5.56 Å². The van der Waals surface area contributed by atoms with Gasteiger partial charge in [0.15, 0.2) is 0 Å². The number of rotatable bonds is 4. The minimum Gasteiger partial charge on any atom is -0.396 e. The van der Waals surface area contributed by atoms with Gasteiger partial charge >= 0.3 is 0 Å². The topological polar surface area (TPSA) is 23.5 Å². The van der Waals surface area contributed by atoms with Crippen LogP contribution in [0.4, 0.5) is 0 Å². The predicted octanol–water partition coefficient (Wildman–Crippen LogP) is 3.09. The van der Waals surface area contributed by atoms with Crippen molar-refractivity contribution in [1.82, 2.24) is 4.90 Å². The Balaban J connectivity index is 2.14. The molecule has 0 bridgehead atoms. The molecule has 2 unspecified atom stereocenters. The molecule has 2 rings (SSSR count). The van der Waals surface area contributed by atoms with Gasteiger partial charge in [-0.1, -0.05) is 44.2 Å². The minimum atomic E-state index is 0.332. The molecule has 1 aliphatic heterocycles. The molecule has 2 atom stereocenters. The van der Waals surface area contributed by atoms with Gasteiger partial charge in [0.25, 0.3) is 0 Å². The molecule has 0 saturated carbocycles. The lowest BCUT2D eigenvalue weighted by Gasteiger charge is -2.40. The second-order valence-electron chi connectivity index (χ2n) is 5.89. The zero-order valence-electron chi connectivity index (χ0n) is 11.5. The van der Waals surface area contributed by atoms with E-state index in [0.29, 0.717) is 24.5 Å². The molecule has 18 heavy (non-hydrogen) atoms. The van der Waals surface area contributed by atoms with Crippen LogP contribution in [0.3, 0.4) is 0 Å². The number of nitrogens with zero attached hydrogens (tertiary/aromatic N) is 1. The van der Waals surface area contributed by atoms with E-state index in [0.717, 1.165) is 25.9 Å². The van der Waals surface area contributed by atoms with Crippen LogP contribution in [0.5, 0.6) is 0 Å². The number of likely N-dealkylation sites (tertiary alicyclic amines) is 1. The van der Waals surface area contributed by atoms with Crippen LogP contribution in [-0.2, 0) is 0 Å². The van der Waals surface area contributed by atoms with E-state index in [2.05, 4.69) is 49.1 Å². The molecule has 0 radical (unpaired) electrons. The van der Waals surface area contributed by atoms with E-state index < -0.39 is 0 Å². The highest BCUT2D eigenvalue weighted by molar-refractivity contribution is 5.19. The third-order valence-corrected chi connectivity index (χ3v) is 3.86. The lowest BCUT2D eigenvalue weighted by Crippen LogP contribution is -2.39. The zero-order chi connectivity index (χ0) is 13.0.